The molecule has 1 amide bonds. The quantitative estimate of drug-likeness (QED) is 0.763. The second-order valence-electron chi connectivity index (χ2n) is 6.01. The molecule has 0 aromatic heterocycles. The Balaban J connectivity index is 1.90. The number of carbonyl (C=O) groups excluding carboxylic acids is 1. The number of sulfonamides is 1. The van der Waals surface area contributed by atoms with Crippen LogP contribution >= 0.6 is 15.9 Å². The summed E-state index contributed by atoms with van der Waals surface area (Å²) in [5, 5.41) is 2.93. The molecule has 1 aromatic rings. The van der Waals surface area contributed by atoms with Crippen LogP contribution in [0.4, 0.5) is 0 Å². The van der Waals surface area contributed by atoms with Crippen LogP contribution in [-0.4, -0.2) is 62.3 Å². The summed E-state index contributed by atoms with van der Waals surface area (Å²) in [5.41, 5.74) is 0. The summed E-state index contributed by atoms with van der Waals surface area (Å²) < 4.78 is 27.6. The molecule has 6 nitrogen and oxygen atoms in total. The fourth-order valence-electron chi connectivity index (χ4n) is 2.51. The summed E-state index contributed by atoms with van der Waals surface area (Å²) >= 11 is 3.31. The molecule has 1 N–H and O–H groups in total. The Morgan fingerprint density at radius 2 is 1.79 bits per heavy atom. The van der Waals surface area contributed by atoms with Crippen LogP contribution in [0.2, 0.25) is 0 Å². The number of nitrogens with one attached hydrogen (secondary N) is 1. The fraction of sp³-hybridized carbons (Fsp3) is 0.562. The van der Waals surface area contributed by atoms with Gasteiger partial charge in [-0.2, -0.15) is 4.31 Å². The van der Waals surface area contributed by atoms with Crippen LogP contribution in [0.1, 0.15) is 20.3 Å². The first-order valence-electron chi connectivity index (χ1n) is 8.10. The number of nitrogens with zero attached hydrogens (tertiary/aromatic N) is 2. The van der Waals surface area contributed by atoms with Gasteiger partial charge in [-0.05, 0) is 37.6 Å². The standard InChI is InChI=1S/C16H24BrN3O3S/c1-3-13(2)18-16(21)12-19-8-10-20(11-9-19)24(22,23)15-6-4-14(17)5-7-15/h4-7,13H,3,8-12H2,1-2H3,(H,18,21). The molecule has 1 aromatic carbocycles. The highest BCUT2D eigenvalue weighted by molar-refractivity contribution is 9.10. The highest BCUT2D eigenvalue weighted by Crippen LogP contribution is 2.20. The number of amides is 1. The minimum absolute atomic E-state index is 0.00596. The van der Waals surface area contributed by atoms with Gasteiger partial charge in [0.25, 0.3) is 0 Å². The van der Waals surface area contributed by atoms with E-state index in [9.17, 15) is 13.2 Å². The van der Waals surface area contributed by atoms with Crippen LogP contribution < -0.4 is 5.32 Å². The molecular formula is C16H24BrN3O3S. The van der Waals surface area contributed by atoms with Crippen LogP contribution in [0.5, 0.6) is 0 Å². The van der Waals surface area contributed by atoms with Gasteiger partial charge in [-0.1, -0.05) is 22.9 Å². The molecule has 0 aliphatic carbocycles. The van der Waals surface area contributed by atoms with Crippen molar-refractivity contribution in [1.29, 1.82) is 0 Å². The second kappa shape index (κ2) is 8.42. The van der Waals surface area contributed by atoms with E-state index in [4.69, 9.17) is 0 Å². The summed E-state index contributed by atoms with van der Waals surface area (Å²) in [6.07, 6.45) is 0.894. The number of piperazine rings is 1. The van der Waals surface area contributed by atoms with Gasteiger partial charge in [-0.3, -0.25) is 9.69 Å². The lowest BCUT2D eigenvalue weighted by Crippen LogP contribution is -2.51. The van der Waals surface area contributed by atoms with Crippen molar-refractivity contribution < 1.29 is 13.2 Å². The first kappa shape index (κ1) is 19.4. The van der Waals surface area contributed by atoms with Gasteiger partial charge in [-0.15, -0.1) is 0 Å². The van der Waals surface area contributed by atoms with E-state index in [1.54, 1.807) is 24.3 Å². The molecule has 0 radical (unpaired) electrons. The normalized spacial score (nSPS) is 18.3. The third kappa shape index (κ3) is 5.02. The Labute approximate surface area is 152 Å². The zero-order chi connectivity index (χ0) is 17.7. The van der Waals surface area contributed by atoms with E-state index in [0.717, 1.165) is 10.9 Å². The van der Waals surface area contributed by atoms with Gasteiger partial charge in [0.2, 0.25) is 15.9 Å². The highest BCUT2D eigenvalue weighted by Gasteiger charge is 2.29. The van der Waals surface area contributed by atoms with E-state index < -0.39 is 10.0 Å². The molecule has 1 atom stereocenters. The molecular weight excluding hydrogens is 394 g/mol. The zero-order valence-corrected chi connectivity index (χ0v) is 16.4. The highest BCUT2D eigenvalue weighted by atomic mass is 79.9. The second-order valence-corrected chi connectivity index (χ2v) is 8.86. The molecule has 8 heteroatoms. The van der Waals surface area contributed by atoms with E-state index >= 15 is 0 Å². The topological polar surface area (TPSA) is 69.7 Å². The predicted molar refractivity (Wildman–Crippen MR) is 97.2 cm³/mol. The predicted octanol–water partition coefficient (Wildman–Crippen LogP) is 1.67. The Hall–Kier alpha value is -0.960. The Morgan fingerprint density at radius 1 is 1.21 bits per heavy atom. The van der Waals surface area contributed by atoms with Crippen molar-refractivity contribution >= 4 is 31.9 Å². The van der Waals surface area contributed by atoms with E-state index in [-0.39, 0.29) is 11.9 Å². The van der Waals surface area contributed by atoms with Crippen molar-refractivity contribution in [3.8, 4) is 0 Å². The molecule has 1 heterocycles. The van der Waals surface area contributed by atoms with Gasteiger partial charge >= 0.3 is 0 Å². The van der Waals surface area contributed by atoms with Crippen molar-refractivity contribution in [2.75, 3.05) is 32.7 Å². The van der Waals surface area contributed by atoms with Crippen LogP contribution in [0.3, 0.4) is 0 Å². The minimum Gasteiger partial charge on any atom is -0.353 e. The Kier molecular flexibility index (Phi) is 6.79. The SMILES string of the molecule is CCC(C)NC(=O)CN1CCN(S(=O)(=O)c2ccc(Br)cc2)CC1. The smallest absolute Gasteiger partial charge is 0.243 e. The van der Waals surface area contributed by atoms with Crippen molar-refractivity contribution in [3.63, 3.8) is 0 Å². The molecule has 1 fully saturated rings. The number of rotatable bonds is 6. The summed E-state index contributed by atoms with van der Waals surface area (Å²) in [6.45, 7) is 6.23. The molecule has 134 valence electrons. The lowest BCUT2D eigenvalue weighted by Gasteiger charge is -2.33. The summed E-state index contributed by atoms with van der Waals surface area (Å²) in [7, 11) is -3.47. The molecule has 0 spiro atoms. The molecule has 0 bridgehead atoms. The number of benzene rings is 1. The first-order chi connectivity index (χ1) is 11.3. The largest absolute Gasteiger partial charge is 0.353 e. The van der Waals surface area contributed by atoms with Crippen molar-refractivity contribution in [2.24, 2.45) is 0 Å². The minimum atomic E-state index is -3.47. The lowest BCUT2D eigenvalue weighted by atomic mass is 10.2. The molecule has 1 unspecified atom stereocenters. The Morgan fingerprint density at radius 3 is 2.33 bits per heavy atom. The molecule has 1 saturated heterocycles. The van der Waals surface area contributed by atoms with E-state index in [2.05, 4.69) is 21.2 Å². The van der Waals surface area contributed by atoms with Gasteiger partial charge in [0, 0.05) is 36.7 Å². The van der Waals surface area contributed by atoms with Crippen LogP contribution in [0.15, 0.2) is 33.6 Å². The zero-order valence-electron chi connectivity index (χ0n) is 14.0. The van der Waals surface area contributed by atoms with Crippen molar-refractivity contribution in [2.45, 2.75) is 31.2 Å². The van der Waals surface area contributed by atoms with Gasteiger partial charge in [0.15, 0.2) is 0 Å². The summed E-state index contributed by atoms with van der Waals surface area (Å²) in [4.78, 5) is 14.2. The third-order valence-corrected chi connectivity index (χ3v) is 6.61. The monoisotopic (exact) mass is 417 g/mol. The maximum Gasteiger partial charge on any atom is 0.243 e. The van der Waals surface area contributed by atoms with Crippen LogP contribution in [0, 0.1) is 0 Å². The first-order valence-corrected chi connectivity index (χ1v) is 10.3. The lowest BCUT2D eigenvalue weighted by molar-refractivity contribution is -0.123. The fourth-order valence-corrected chi connectivity index (χ4v) is 4.20. The molecule has 2 rings (SSSR count). The average molecular weight is 418 g/mol. The molecule has 1 aliphatic heterocycles. The van der Waals surface area contributed by atoms with Gasteiger partial charge in [-0.25, -0.2) is 8.42 Å². The van der Waals surface area contributed by atoms with Crippen LogP contribution in [0.25, 0.3) is 0 Å². The van der Waals surface area contributed by atoms with Gasteiger partial charge in [0.1, 0.15) is 0 Å². The summed E-state index contributed by atoms with van der Waals surface area (Å²) in [5.74, 6) is -0.00596. The maximum atomic E-state index is 12.6. The maximum absolute atomic E-state index is 12.6. The van der Waals surface area contributed by atoms with Crippen LogP contribution in [-0.2, 0) is 14.8 Å². The van der Waals surface area contributed by atoms with Gasteiger partial charge < -0.3 is 5.32 Å². The number of hydrogen-bond donors (Lipinski definition) is 1. The Bertz CT molecular complexity index is 656. The van der Waals surface area contributed by atoms with E-state index in [0.29, 0.717) is 37.6 Å². The summed E-state index contributed by atoms with van der Waals surface area (Å²) in [6, 6.07) is 6.82. The average Bonchev–Trinajstić information content (AvgIpc) is 2.55. The van der Waals surface area contributed by atoms with Crippen molar-refractivity contribution in [3.05, 3.63) is 28.7 Å². The van der Waals surface area contributed by atoms with Gasteiger partial charge in [0.05, 0.1) is 11.4 Å². The third-order valence-electron chi connectivity index (χ3n) is 4.17. The molecule has 24 heavy (non-hydrogen) atoms. The molecule has 0 saturated carbocycles. The molecule has 1 aliphatic rings. The number of halogens is 1. The number of hydrogen-bond acceptors (Lipinski definition) is 4. The number of carbonyl (C=O) groups is 1. The van der Waals surface area contributed by atoms with E-state index in [1.165, 1.54) is 4.31 Å². The van der Waals surface area contributed by atoms with Crippen molar-refractivity contribution in [1.82, 2.24) is 14.5 Å². The van der Waals surface area contributed by atoms with E-state index in [1.807, 2.05) is 18.7 Å².